The monoisotopic (exact) mass is 224 g/mol. The molecule has 1 saturated carbocycles. The Morgan fingerprint density at radius 1 is 1.31 bits per heavy atom. The van der Waals surface area contributed by atoms with E-state index in [4.69, 9.17) is 0 Å². The largest absolute Gasteiger partial charge is 0.308 e. The summed E-state index contributed by atoms with van der Waals surface area (Å²) >= 11 is 0. The van der Waals surface area contributed by atoms with E-state index in [2.05, 4.69) is 44.8 Å². The van der Waals surface area contributed by atoms with Gasteiger partial charge in [-0.2, -0.15) is 0 Å². The van der Waals surface area contributed by atoms with Gasteiger partial charge in [-0.15, -0.1) is 0 Å². The molecule has 0 radical (unpaired) electrons. The quantitative estimate of drug-likeness (QED) is 0.776. The minimum Gasteiger partial charge on any atom is -0.308 e. The van der Waals surface area contributed by atoms with Crippen LogP contribution in [0.15, 0.2) is 0 Å². The number of piperazine rings is 1. The summed E-state index contributed by atoms with van der Waals surface area (Å²) < 4.78 is 0. The summed E-state index contributed by atoms with van der Waals surface area (Å²) in [5.41, 5.74) is 0.678. The summed E-state index contributed by atoms with van der Waals surface area (Å²) in [6, 6.07) is 0.715. The van der Waals surface area contributed by atoms with Crippen molar-refractivity contribution < 1.29 is 0 Å². The number of rotatable bonds is 2. The molecular weight excluding hydrogens is 196 g/mol. The fourth-order valence-corrected chi connectivity index (χ4v) is 3.14. The van der Waals surface area contributed by atoms with E-state index in [1.54, 1.807) is 0 Å². The molecule has 1 N–H and O–H groups in total. The van der Waals surface area contributed by atoms with Gasteiger partial charge in [0.2, 0.25) is 0 Å². The zero-order valence-corrected chi connectivity index (χ0v) is 11.6. The molecule has 2 rings (SSSR count). The number of nitrogens with zero attached hydrogens (tertiary/aromatic N) is 1. The van der Waals surface area contributed by atoms with Gasteiger partial charge in [-0.3, -0.25) is 4.90 Å². The van der Waals surface area contributed by atoms with Gasteiger partial charge in [0.15, 0.2) is 0 Å². The first-order valence-corrected chi connectivity index (χ1v) is 6.88. The maximum absolute atomic E-state index is 3.82. The molecule has 1 heterocycles. The van der Waals surface area contributed by atoms with E-state index >= 15 is 0 Å². The Bertz CT molecular complexity index is 252. The Morgan fingerprint density at radius 2 is 1.94 bits per heavy atom. The van der Waals surface area contributed by atoms with Crippen LogP contribution in [-0.4, -0.2) is 35.1 Å². The van der Waals surface area contributed by atoms with Gasteiger partial charge < -0.3 is 5.32 Å². The Balaban J connectivity index is 2.11. The van der Waals surface area contributed by atoms with Crippen LogP contribution in [0.2, 0.25) is 0 Å². The van der Waals surface area contributed by atoms with E-state index in [1.807, 2.05) is 0 Å². The molecule has 2 nitrogen and oxygen atoms in total. The van der Waals surface area contributed by atoms with Crippen molar-refractivity contribution in [3.63, 3.8) is 0 Å². The predicted octanol–water partition coefficient (Wildman–Crippen LogP) is 2.64. The average molecular weight is 224 g/mol. The van der Waals surface area contributed by atoms with Crippen molar-refractivity contribution in [2.45, 2.75) is 71.0 Å². The molecule has 1 aliphatic heterocycles. The second-order valence-corrected chi connectivity index (χ2v) is 6.93. The Labute approximate surface area is 101 Å². The van der Waals surface area contributed by atoms with Crippen molar-refractivity contribution in [1.82, 2.24) is 10.2 Å². The van der Waals surface area contributed by atoms with E-state index in [0.29, 0.717) is 17.1 Å². The highest BCUT2D eigenvalue weighted by Gasteiger charge is 2.47. The average Bonchev–Trinajstić information content (AvgIpc) is 2.99. The Morgan fingerprint density at radius 3 is 2.38 bits per heavy atom. The third-order valence-corrected chi connectivity index (χ3v) is 4.49. The van der Waals surface area contributed by atoms with Crippen LogP contribution in [0.3, 0.4) is 0 Å². The molecule has 0 aromatic carbocycles. The number of nitrogens with one attached hydrogen (secondary N) is 1. The van der Waals surface area contributed by atoms with E-state index in [0.717, 1.165) is 5.92 Å². The zero-order valence-electron chi connectivity index (χ0n) is 11.6. The summed E-state index contributed by atoms with van der Waals surface area (Å²) in [6.45, 7) is 14.2. The van der Waals surface area contributed by atoms with Gasteiger partial charge >= 0.3 is 0 Å². The molecule has 1 saturated heterocycles. The molecule has 2 fully saturated rings. The van der Waals surface area contributed by atoms with Crippen molar-refractivity contribution >= 4 is 0 Å². The highest BCUT2D eigenvalue weighted by atomic mass is 15.3. The first-order chi connectivity index (χ1) is 7.37. The van der Waals surface area contributed by atoms with Crippen LogP contribution in [0.1, 0.15) is 53.9 Å². The number of hydrogen-bond acceptors (Lipinski definition) is 2. The minimum atomic E-state index is 0.304. The zero-order chi connectivity index (χ0) is 12.0. The third kappa shape index (κ3) is 2.28. The van der Waals surface area contributed by atoms with Crippen molar-refractivity contribution in [2.24, 2.45) is 5.92 Å². The van der Waals surface area contributed by atoms with Crippen LogP contribution in [0, 0.1) is 5.92 Å². The summed E-state index contributed by atoms with van der Waals surface area (Å²) in [4.78, 5) is 2.72. The normalized spacial score (nSPS) is 37.7. The van der Waals surface area contributed by atoms with E-state index in [1.165, 1.54) is 32.4 Å². The molecule has 1 aliphatic carbocycles. The second-order valence-electron chi connectivity index (χ2n) is 6.93. The topological polar surface area (TPSA) is 15.3 Å². The SMILES string of the molecule is CCC1CNC(C)(C2CC2)CN1C(C)(C)C. The molecule has 94 valence electrons. The van der Waals surface area contributed by atoms with Crippen LogP contribution < -0.4 is 5.32 Å². The van der Waals surface area contributed by atoms with Crippen LogP contribution >= 0.6 is 0 Å². The van der Waals surface area contributed by atoms with Crippen LogP contribution in [0.25, 0.3) is 0 Å². The first kappa shape index (κ1) is 12.4. The molecule has 0 amide bonds. The van der Waals surface area contributed by atoms with Gasteiger partial charge in [0.1, 0.15) is 0 Å². The summed E-state index contributed by atoms with van der Waals surface area (Å²) in [5.74, 6) is 0.926. The molecule has 2 unspecified atom stereocenters. The minimum absolute atomic E-state index is 0.304. The second kappa shape index (κ2) is 3.99. The van der Waals surface area contributed by atoms with Gasteiger partial charge in [0, 0.05) is 30.2 Å². The summed E-state index contributed by atoms with van der Waals surface area (Å²) in [7, 11) is 0. The summed E-state index contributed by atoms with van der Waals surface area (Å²) in [5, 5.41) is 3.82. The van der Waals surface area contributed by atoms with Crippen molar-refractivity contribution in [1.29, 1.82) is 0 Å². The fourth-order valence-electron chi connectivity index (χ4n) is 3.14. The van der Waals surface area contributed by atoms with Crippen LogP contribution in [0.4, 0.5) is 0 Å². The lowest BCUT2D eigenvalue weighted by Gasteiger charge is -2.52. The highest BCUT2D eigenvalue weighted by Crippen LogP contribution is 2.42. The predicted molar refractivity (Wildman–Crippen MR) is 69.7 cm³/mol. The van der Waals surface area contributed by atoms with Gasteiger partial charge in [-0.1, -0.05) is 6.92 Å². The first-order valence-electron chi connectivity index (χ1n) is 6.88. The molecule has 0 bridgehead atoms. The smallest absolute Gasteiger partial charge is 0.0309 e. The molecule has 16 heavy (non-hydrogen) atoms. The van der Waals surface area contributed by atoms with Crippen LogP contribution in [0.5, 0.6) is 0 Å². The van der Waals surface area contributed by atoms with Gasteiger partial charge in [0.25, 0.3) is 0 Å². The molecular formula is C14H28N2. The van der Waals surface area contributed by atoms with Crippen molar-refractivity contribution in [3.8, 4) is 0 Å². The van der Waals surface area contributed by atoms with Crippen molar-refractivity contribution in [3.05, 3.63) is 0 Å². The molecule has 2 aliphatic rings. The maximum Gasteiger partial charge on any atom is 0.0309 e. The highest BCUT2D eigenvalue weighted by molar-refractivity contribution is 5.05. The molecule has 2 heteroatoms. The summed E-state index contributed by atoms with van der Waals surface area (Å²) in [6.07, 6.45) is 4.11. The fraction of sp³-hybridized carbons (Fsp3) is 1.00. The maximum atomic E-state index is 3.82. The van der Waals surface area contributed by atoms with E-state index < -0.39 is 0 Å². The molecule has 0 aromatic heterocycles. The van der Waals surface area contributed by atoms with E-state index in [9.17, 15) is 0 Å². The Hall–Kier alpha value is -0.0800. The van der Waals surface area contributed by atoms with Crippen molar-refractivity contribution in [2.75, 3.05) is 13.1 Å². The number of hydrogen-bond donors (Lipinski definition) is 1. The Kier molecular flexibility index (Phi) is 3.09. The standard InChI is InChI=1S/C14H28N2/c1-6-12-9-15-14(5,11-7-8-11)10-16(12)13(2,3)4/h11-12,15H,6-10H2,1-5H3. The molecule has 0 spiro atoms. The molecule has 0 aromatic rings. The van der Waals surface area contributed by atoms with Gasteiger partial charge in [0.05, 0.1) is 0 Å². The third-order valence-electron chi connectivity index (χ3n) is 4.49. The van der Waals surface area contributed by atoms with Gasteiger partial charge in [-0.05, 0) is 52.9 Å². The lowest BCUT2D eigenvalue weighted by atomic mass is 9.87. The molecule has 2 atom stereocenters. The van der Waals surface area contributed by atoms with E-state index in [-0.39, 0.29) is 0 Å². The van der Waals surface area contributed by atoms with Crippen LogP contribution in [-0.2, 0) is 0 Å². The van der Waals surface area contributed by atoms with Gasteiger partial charge in [-0.25, -0.2) is 0 Å². The lowest BCUT2D eigenvalue weighted by molar-refractivity contribution is 0.00507. The lowest BCUT2D eigenvalue weighted by Crippen LogP contribution is -2.67.